The molecule has 0 aliphatic rings. The van der Waals surface area contributed by atoms with Gasteiger partial charge in [0.05, 0.1) is 17.7 Å². The van der Waals surface area contributed by atoms with Crippen LogP contribution in [0.15, 0.2) is 54.6 Å². The summed E-state index contributed by atoms with van der Waals surface area (Å²) in [6.07, 6.45) is 2.57. The van der Waals surface area contributed by atoms with Crippen LogP contribution in [0, 0.1) is 10.1 Å². The van der Waals surface area contributed by atoms with Crippen LogP contribution in [0.3, 0.4) is 0 Å². The zero-order chi connectivity index (χ0) is 18.9. The number of non-ortho nitro benzene ring substituents is 1. The van der Waals surface area contributed by atoms with E-state index in [0.717, 1.165) is 6.08 Å². The largest absolute Gasteiger partial charge is 0.495 e. The van der Waals surface area contributed by atoms with Crippen LogP contribution in [0.2, 0.25) is 0 Å². The number of nitro benzene ring substituents is 1. The first-order chi connectivity index (χ1) is 12.5. The Morgan fingerprint density at radius 3 is 2.50 bits per heavy atom. The number of ether oxygens (including phenoxy) is 2. The SMILES string of the molecule is COc1ccccc1NC(=O)COC(=O)/C=C/c1ccc([N+](=O)[O-])cc1. The van der Waals surface area contributed by atoms with Crippen molar-refractivity contribution in [3.05, 3.63) is 70.3 Å². The highest BCUT2D eigenvalue weighted by atomic mass is 16.6. The number of hydrogen-bond donors (Lipinski definition) is 1. The number of nitro groups is 1. The van der Waals surface area contributed by atoms with Crippen LogP contribution in [0.5, 0.6) is 5.75 Å². The molecule has 8 heteroatoms. The third kappa shape index (κ3) is 5.45. The number of anilines is 1. The third-order valence-corrected chi connectivity index (χ3v) is 3.24. The molecule has 0 saturated heterocycles. The lowest BCUT2D eigenvalue weighted by atomic mass is 10.2. The molecule has 2 aromatic rings. The fraction of sp³-hybridized carbons (Fsp3) is 0.111. The van der Waals surface area contributed by atoms with Crippen LogP contribution in [-0.4, -0.2) is 30.5 Å². The number of amides is 1. The lowest BCUT2D eigenvalue weighted by molar-refractivity contribution is -0.384. The van der Waals surface area contributed by atoms with Crippen LogP contribution in [0.4, 0.5) is 11.4 Å². The predicted octanol–water partition coefficient (Wildman–Crippen LogP) is 2.80. The Morgan fingerprint density at radius 1 is 1.15 bits per heavy atom. The van der Waals surface area contributed by atoms with E-state index in [1.807, 2.05) is 0 Å². The Morgan fingerprint density at radius 2 is 1.85 bits per heavy atom. The number of carbonyl (C=O) groups is 2. The van der Waals surface area contributed by atoms with Crippen molar-refractivity contribution in [1.29, 1.82) is 0 Å². The molecule has 0 aromatic heterocycles. The molecule has 8 nitrogen and oxygen atoms in total. The van der Waals surface area contributed by atoms with Crippen molar-refractivity contribution >= 4 is 29.3 Å². The van der Waals surface area contributed by atoms with Gasteiger partial charge in [-0.1, -0.05) is 12.1 Å². The van der Waals surface area contributed by atoms with Crippen LogP contribution in [0.25, 0.3) is 6.08 Å². The van der Waals surface area contributed by atoms with Crippen molar-refractivity contribution in [2.75, 3.05) is 19.0 Å². The van der Waals surface area contributed by atoms with Crippen molar-refractivity contribution in [1.82, 2.24) is 0 Å². The molecule has 0 heterocycles. The van der Waals surface area contributed by atoms with Gasteiger partial charge in [-0.3, -0.25) is 14.9 Å². The highest BCUT2D eigenvalue weighted by Gasteiger charge is 2.09. The summed E-state index contributed by atoms with van der Waals surface area (Å²) < 4.78 is 9.95. The standard InChI is InChI=1S/C18H16N2O6/c1-25-16-5-3-2-4-15(16)19-17(21)12-26-18(22)11-8-13-6-9-14(10-7-13)20(23)24/h2-11H,12H2,1H3,(H,19,21)/b11-8+. The molecule has 26 heavy (non-hydrogen) atoms. The van der Waals surface area contributed by atoms with E-state index in [9.17, 15) is 19.7 Å². The normalized spacial score (nSPS) is 10.3. The monoisotopic (exact) mass is 356 g/mol. The number of nitrogens with zero attached hydrogens (tertiary/aromatic N) is 1. The Labute approximate surface area is 149 Å². The Kier molecular flexibility index (Phi) is 6.44. The molecule has 1 amide bonds. The molecule has 2 rings (SSSR count). The molecule has 0 aliphatic heterocycles. The summed E-state index contributed by atoms with van der Waals surface area (Å²) in [5.41, 5.74) is 1.02. The minimum Gasteiger partial charge on any atom is -0.495 e. The highest BCUT2D eigenvalue weighted by molar-refractivity contribution is 5.95. The Bertz CT molecular complexity index is 830. The Hall–Kier alpha value is -3.68. The number of hydrogen-bond acceptors (Lipinski definition) is 6. The smallest absolute Gasteiger partial charge is 0.331 e. The van der Waals surface area contributed by atoms with Crippen LogP contribution >= 0.6 is 0 Å². The lowest BCUT2D eigenvalue weighted by Crippen LogP contribution is -2.20. The number of nitrogens with one attached hydrogen (secondary N) is 1. The molecule has 1 N–H and O–H groups in total. The summed E-state index contributed by atoms with van der Waals surface area (Å²) >= 11 is 0. The van der Waals surface area contributed by atoms with Crippen molar-refractivity contribution in [2.45, 2.75) is 0 Å². The fourth-order valence-electron chi connectivity index (χ4n) is 1.99. The summed E-state index contributed by atoms with van der Waals surface area (Å²) in [6.45, 7) is -0.457. The lowest BCUT2D eigenvalue weighted by Gasteiger charge is -2.09. The van der Waals surface area contributed by atoms with E-state index in [1.54, 1.807) is 24.3 Å². The van der Waals surface area contributed by atoms with E-state index < -0.39 is 23.4 Å². The number of carbonyl (C=O) groups excluding carboxylic acids is 2. The second-order valence-electron chi connectivity index (χ2n) is 5.04. The van der Waals surface area contributed by atoms with E-state index in [0.29, 0.717) is 17.0 Å². The second kappa shape index (κ2) is 8.97. The van der Waals surface area contributed by atoms with Gasteiger partial charge in [-0.15, -0.1) is 0 Å². The van der Waals surface area contributed by atoms with E-state index in [-0.39, 0.29) is 5.69 Å². The Balaban J connectivity index is 1.84. The molecule has 0 aliphatic carbocycles. The molecule has 0 saturated carbocycles. The van der Waals surface area contributed by atoms with Gasteiger partial charge in [0.2, 0.25) is 0 Å². The van der Waals surface area contributed by atoms with Gasteiger partial charge in [-0.05, 0) is 35.9 Å². The fourth-order valence-corrected chi connectivity index (χ4v) is 1.99. The molecule has 0 atom stereocenters. The van der Waals surface area contributed by atoms with E-state index in [4.69, 9.17) is 9.47 Å². The summed E-state index contributed by atoms with van der Waals surface area (Å²) in [5.74, 6) is -0.727. The van der Waals surface area contributed by atoms with Crippen molar-refractivity contribution in [3.63, 3.8) is 0 Å². The molecule has 0 fully saturated rings. The molecule has 134 valence electrons. The predicted molar refractivity (Wildman–Crippen MR) is 94.7 cm³/mol. The molecule has 0 bridgehead atoms. The molecule has 0 spiro atoms. The molecular formula is C18H16N2O6. The third-order valence-electron chi connectivity index (χ3n) is 3.24. The minimum atomic E-state index is -0.710. The maximum absolute atomic E-state index is 11.8. The first-order valence-electron chi connectivity index (χ1n) is 7.52. The van der Waals surface area contributed by atoms with E-state index in [1.165, 1.54) is 37.5 Å². The van der Waals surface area contributed by atoms with Gasteiger partial charge in [-0.25, -0.2) is 4.79 Å². The summed E-state index contributed by atoms with van der Waals surface area (Å²) in [5, 5.41) is 13.1. The molecule has 0 radical (unpaired) electrons. The van der Waals surface area contributed by atoms with Crippen molar-refractivity contribution in [2.24, 2.45) is 0 Å². The quantitative estimate of drug-likeness (QED) is 0.354. The van der Waals surface area contributed by atoms with Crippen LogP contribution in [-0.2, 0) is 14.3 Å². The number of para-hydroxylation sites is 2. The van der Waals surface area contributed by atoms with Gasteiger partial charge in [0.25, 0.3) is 11.6 Å². The van der Waals surface area contributed by atoms with E-state index >= 15 is 0 Å². The first kappa shape index (κ1) is 18.7. The average molecular weight is 356 g/mol. The van der Waals surface area contributed by atoms with Gasteiger partial charge in [0.15, 0.2) is 6.61 Å². The maximum atomic E-state index is 11.8. The van der Waals surface area contributed by atoms with Crippen molar-refractivity contribution < 1.29 is 24.0 Å². The number of benzene rings is 2. The molecular weight excluding hydrogens is 340 g/mol. The number of rotatable bonds is 7. The first-order valence-corrected chi connectivity index (χ1v) is 7.52. The zero-order valence-electron chi connectivity index (χ0n) is 13.9. The number of methoxy groups -OCH3 is 1. The summed E-state index contributed by atoms with van der Waals surface area (Å²) in [4.78, 5) is 33.5. The van der Waals surface area contributed by atoms with Crippen LogP contribution < -0.4 is 10.1 Å². The van der Waals surface area contributed by atoms with Gasteiger partial charge in [-0.2, -0.15) is 0 Å². The van der Waals surface area contributed by atoms with Crippen LogP contribution in [0.1, 0.15) is 5.56 Å². The van der Waals surface area contributed by atoms with Gasteiger partial charge >= 0.3 is 5.97 Å². The number of esters is 1. The second-order valence-corrected chi connectivity index (χ2v) is 5.04. The molecule has 0 unspecified atom stereocenters. The average Bonchev–Trinajstić information content (AvgIpc) is 2.65. The summed E-state index contributed by atoms with van der Waals surface area (Å²) in [6, 6.07) is 12.5. The van der Waals surface area contributed by atoms with Crippen molar-refractivity contribution in [3.8, 4) is 5.75 Å². The van der Waals surface area contributed by atoms with E-state index in [2.05, 4.69) is 5.32 Å². The maximum Gasteiger partial charge on any atom is 0.331 e. The summed E-state index contributed by atoms with van der Waals surface area (Å²) in [7, 11) is 1.48. The minimum absolute atomic E-state index is 0.0438. The van der Waals surface area contributed by atoms with Gasteiger partial charge in [0, 0.05) is 18.2 Å². The highest BCUT2D eigenvalue weighted by Crippen LogP contribution is 2.22. The molecule has 2 aromatic carbocycles. The van der Waals surface area contributed by atoms with Gasteiger partial charge in [0.1, 0.15) is 5.75 Å². The topological polar surface area (TPSA) is 108 Å². The zero-order valence-corrected chi connectivity index (χ0v) is 13.9. The van der Waals surface area contributed by atoms with Gasteiger partial charge < -0.3 is 14.8 Å².